The fraction of sp³-hybridized carbons (Fsp3) is 0.900. The van der Waals surface area contributed by atoms with Gasteiger partial charge >= 0.3 is 11.9 Å². The van der Waals surface area contributed by atoms with Gasteiger partial charge in [0.1, 0.15) is 11.9 Å². The van der Waals surface area contributed by atoms with Crippen molar-refractivity contribution in [2.75, 3.05) is 6.61 Å². The van der Waals surface area contributed by atoms with Crippen LogP contribution >= 0.6 is 0 Å². The molecule has 0 bridgehead atoms. The minimum Gasteiger partial charge on any atom is -0.466 e. The molecule has 0 saturated heterocycles. The summed E-state index contributed by atoms with van der Waals surface area (Å²) in [6.07, 6.45) is 43.0. The van der Waals surface area contributed by atoms with Crippen LogP contribution in [0.4, 0.5) is 0 Å². The van der Waals surface area contributed by atoms with Crippen LogP contribution in [0.5, 0.6) is 0 Å². The topological polar surface area (TPSA) is 69.7 Å². The van der Waals surface area contributed by atoms with Crippen molar-refractivity contribution in [3.05, 3.63) is 12.2 Å². The predicted molar refractivity (Wildman–Crippen MR) is 232 cm³/mol. The summed E-state index contributed by atoms with van der Waals surface area (Å²) in [6.45, 7) is 9.15. The monoisotopic (exact) mass is 771 g/mol. The molecule has 55 heavy (non-hydrogen) atoms. The van der Waals surface area contributed by atoms with Gasteiger partial charge in [-0.25, -0.2) is 0 Å². The van der Waals surface area contributed by atoms with Gasteiger partial charge in [-0.2, -0.15) is 0 Å². The van der Waals surface area contributed by atoms with E-state index in [4.69, 9.17) is 9.47 Å². The zero-order valence-electron chi connectivity index (χ0n) is 36.9. The number of allylic oxidation sites excluding steroid dienone is 2. The number of unbranched alkanes of at least 4 members (excludes halogenated alkanes) is 18. The lowest BCUT2D eigenvalue weighted by atomic mass is 9.89. The molecule has 320 valence electrons. The molecule has 2 fully saturated rings. The molecule has 5 nitrogen and oxygen atoms in total. The van der Waals surface area contributed by atoms with Gasteiger partial charge in [-0.15, -0.1) is 0 Å². The van der Waals surface area contributed by atoms with Crippen molar-refractivity contribution in [3.63, 3.8) is 0 Å². The van der Waals surface area contributed by atoms with Gasteiger partial charge in [0, 0.05) is 25.2 Å². The first-order chi connectivity index (χ1) is 26.9. The third-order valence-electron chi connectivity index (χ3n) is 12.9. The van der Waals surface area contributed by atoms with E-state index in [0.717, 1.165) is 69.6 Å². The quantitative estimate of drug-likeness (QED) is 0.0355. The van der Waals surface area contributed by atoms with Crippen molar-refractivity contribution < 1.29 is 23.9 Å². The standard InChI is InChI=1S/C50H90O5/c1-5-9-13-16-20-26-31-42(30-25-15-11-7-3)50(53)55-46(38-39-54-49(52)41-45-36-37-48(51)47(45)35-24-12-8-4)34-29-23-19-18-22-28-33-44-40-43(44)32-27-21-17-14-10-6-2/h12,24,42-47H,5-11,13-23,25-41H2,1-4H3/b24-12-. The average Bonchev–Trinajstić information content (AvgIpc) is 3.84. The van der Waals surface area contributed by atoms with Crippen molar-refractivity contribution in [1.82, 2.24) is 0 Å². The summed E-state index contributed by atoms with van der Waals surface area (Å²) >= 11 is 0. The van der Waals surface area contributed by atoms with Crippen LogP contribution in [0.15, 0.2) is 12.2 Å². The lowest BCUT2D eigenvalue weighted by molar-refractivity contribution is -0.157. The first kappa shape index (κ1) is 49.5. The van der Waals surface area contributed by atoms with Gasteiger partial charge in [-0.05, 0) is 69.1 Å². The highest BCUT2D eigenvalue weighted by Crippen LogP contribution is 2.46. The van der Waals surface area contributed by atoms with Gasteiger partial charge in [0.2, 0.25) is 0 Å². The lowest BCUT2D eigenvalue weighted by Gasteiger charge is -2.23. The Morgan fingerprint density at radius 2 is 1.13 bits per heavy atom. The van der Waals surface area contributed by atoms with E-state index in [2.05, 4.69) is 39.8 Å². The maximum Gasteiger partial charge on any atom is 0.309 e. The molecule has 2 rings (SSSR count). The average molecular weight is 771 g/mol. The number of rotatable bonds is 38. The Hall–Kier alpha value is -1.65. The van der Waals surface area contributed by atoms with E-state index >= 15 is 0 Å². The van der Waals surface area contributed by atoms with E-state index in [1.807, 2.05) is 0 Å². The molecular weight excluding hydrogens is 681 g/mol. The van der Waals surface area contributed by atoms with E-state index in [-0.39, 0.29) is 48.2 Å². The number of hydrogen-bond donors (Lipinski definition) is 0. The Kier molecular flexibility index (Phi) is 30.0. The predicted octanol–water partition coefficient (Wildman–Crippen LogP) is 15.0. The molecule has 2 aliphatic rings. The molecule has 0 aromatic carbocycles. The highest BCUT2D eigenvalue weighted by atomic mass is 16.6. The Balaban J connectivity index is 1.80. The van der Waals surface area contributed by atoms with Gasteiger partial charge in [0.25, 0.3) is 0 Å². The van der Waals surface area contributed by atoms with Crippen molar-refractivity contribution in [2.24, 2.45) is 29.6 Å². The molecule has 0 aliphatic heterocycles. The van der Waals surface area contributed by atoms with Crippen molar-refractivity contribution >= 4 is 17.7 Å². The Morgan fingerprint density at radius 3 is 1.69 bits per heavy atom. The second-order valence-electron chi connectivity index (χ2n) is 17.9. The van der Waals surface area contributed by atoms with Crippen LogP contribution < -0.4 is 0 Å². The van der Waals surface area contributed by atoms with E-state index in [9.17, 15) is 14.4 Å². The van der Waals surface area contributed by atoms with Crippen LogP contribution in [0, 0.1) is 29.6 Å². The summed E-state index contributed by atoms with van der Waals surface area (Å²) < 4.78 is 12.1. The molecule has 5 heteroatoms. The van der Waals surface area contributed by atoms with E-state index in [1.165, 1.54) is 141 Å². The zero-order valence-corrected chi connectivity index (χ0v) is 36.9. The Bertz CT molecular complexity index is 989. The molecule has 6 unspecified atom stereocenters. The van der Waals surface area contributed by atoms with Crippen molar-refractivity contribution in [3.8, 4) is 0 Å². The van der Waals surface area contributed by atoms with E-state index in [0.29, 0.717) is 19.3 Å². The highest BCUT2D eigenvalue weighted by Gasteiger charge is 2.36. The first-order valence-corrected chi connectivity index (χ1v) is 24.5. The summed E-state index contributed by atoms with van der Waals surface area (Å²) in [5.74, 6) is 2.07. The van der Waals surface area contributed by atoms with Gasteiger partial charge in [-0.3, -0.25) is 14.4 Å². The summed E-state index contributed by atoms with van der Waals surface area (Å²) in [7, 11) is 0. The van der Waals surface area contributed by atoms with Gasteiger partial charge in [0.15, 0.2) is 0 Å². The van der Waals surface area contributed by atoms with Crippen LogP contribution in [0.25, 0.3) is 0 Å². The summed E-state index contributed by atoms with van der Waals surface area (Å²) in [4.78, 5) is 39.2. The van der Waals surface area contributed by atoms with Crippen molar-refractivity contribution in [2.45, 2.75) is 252 Å². The number of ketones is 1. The maximum atomic E-state index is 13.7. The SMILES string of the molecule is CC/C=C\CC1C(=O)CCC1CC(=O)OCCC(CCCCCCCCC1CC1CCCCCCCC)OC(=O)C(CCCCCC)CCCCCCCC. The molecule has 2 saturated carbocycles. The fourth-order valence-electron chi connectivity index (χ4n) is 9.11. The third kappa shape index (κ3) is 24.7. The fourth-order valence-corrected chi connectivity index (χ4v) is 9.11. The molecule has 0 N–H and O–H groups in total. The largest absolute Gasteiger partial charge is 0.466 e. The summed E-state index contributed by atoms with van der Waals surface area (Å²) in [5.41, 5.74) is 0. The van der Waals surface area contributed by atoms with E-state index in [1.54, 1.807) is 0 Å². The minimum atomic E-state index is -0.217. The second-order valence-corrected chi connectivity index (χ2v) is 17.9. The molecule has 0 amide bonds. The maximum absolute atomic E-state index is 13.7. The molecule has 0 radical (unpaired) electrons. The smallest absolute Gasteiger partial charge is 0.309 e. The first-order valence-electron chi connectivity index (χ1n) is 24.5. The third-order valence-corrected chi connectivity index (χ3v) is 12.9. The molecule has 0 heterocycles. The Morgan fingerprint density at radius 1 is 0.618 bits per heavy atom. The lowest BCUT2D eigenvalue weighted by Crippen LogP contribution is -2.26. The molecule has 0 spiro atoms. The molecular formula is C50H90O5. The van der Waals surface area contributed by atoms with Crippen LogP contribution in [0.2, 0.25) is 0 Å². The molecule has 2 aliphatic carbocycles. The normalized spacial score (nSPS) is 20.6. The van der Waals surface area contributed by atoms with Crippen LogP contribution in [-0.4, -0.2) is 30.4 Å². The summed E-state index contributed by atoms with van der Waals surface area (Å²) in [6, 6.07) is 0. The second kappa shape index (κ2) is 33.3. The van der Waals surface area contributed by atoms with Crippen molar-refractivity contribution in [1.29, 1.82) is 0 Å². The van der Waals surface area contributed by atoms with Gasteiger partial charge in [-0.1, -0.05) is 188 Å². The molecule has 0 aromatic rings. The number of carbonyl (C=O) groups is 3. The minimum absolute atomic E-state index is 0.0244. The highest BCUT2D eigenvalue weighted by molar-refractivity contribution is 5.84. The van der Waals surface area contributed by atoms with E-state index < -0.39 is 0 Å². The number of Topliss-reactive ketones (excluding diaryl/α,β-unsaturated/α-hetero) is 1. The van der Waals surface area contributed by atoms with Crippen LogP contribution in [0.3, 0.4) is 0 Å². The number of hydrogen-bond acceptors (Lipinski definition) is 5. The van der Waals surface area contributed by atoms with Gasteiger partial charge in [0.05, 0.1) is 12.5 Å². The zero-order chi connectivity index (χ0) is 39.8. The van der Waals surface area contributed by atoms with Crippen LogP contribution in [0.1, 0.15) is 246 Å². The summed E-state index contributed by atoms with van der Waals surface area (Å²) in [5, 5.41) is 0. The molecule has 6 atom stereocenters. The van der Waals surface area contributed by atoms with Gasteiger partial charge < -0.3 is 9.47 Å². The number of ether oxygens (including phenoxy) is 2. The van der Waals surface area contributed by atoms with Crippen LogP contribution in [-0.2, 0) is 23.9 Å². The number of carbonyl (C=O) groups excluding carboxylic acids is 3. The number of esters is 2. The molecule has 0 aromatic heterocycles. The Labute approximate surface area is 341 Å².